The van der Waals surface area contributed by atoms with E-state index in [0.29, 0.717) is 16.9 Å². The topological polar surface area (TPSA) is 49.3 Å². The van der Waals surface area contributed by atoms with E-state index in [2.05, 4.69) is 15.1 Å². The van der Waals surface area contributed by atoms with E-state index in [0.717, 1.165) is 19.6 Å². The van der Waals surface area contributed by atoms with Crippen molar-refractivity contribution in [2.24, 2.45) is 0 Å². The minimum Gasteiger partial charge on any atom is -0.334 e. The average Bonchev–Trinajstić information content (AvgIpc) is 2.86. The number of aromatic nitrogens is 2. The third-order valence-electron chi connectivity index (χ3n) is 3.73. The largest absolute Gasteiger partial charge is 0.334 e. The lowest BCUT2D eigenvalue weighted by Gasteiger charge is -2.37. The number of carbonyl (C=O) groups is 1. The second kappa shape index (κ2) is 4.82. The summed E-state index contributed by atoms with van der Waals surface area (Å²) >= 11 is 5.67. The third-order valence-corrected chi connectivity index (χ3v) is 3.93. The van der Waals surface area contributed by atoms with Gasteiger partial charge in [0.15, 0.2) is 10.8 Å². The molecule has 0 aromatic carbocycles. The second-order valence-corrected chi connectivity index (χ2v) is 5.21. The number of hydrogen-bond acceptors (Lipinski definition) is 4. The summed E-state index contributed by atoms with van der Waals surface area (Å²) in [6.07, 6.45) is 2.43. The molecular formula is C12H15ClN4O. The number of hydrogen-bond donors (Lipinski definition) is 0. The normalized spacial score (nSPS) is 24.1. The minimum atomic E-state index is -0.0364. The molecular weight excluding hydrogens is 252 g/mol. The molecule has 1 unspecified atom stereocenters. The van der Waals surface area contributed by atoms with Gasteiger partial charge < -0.3 is 4.90 Å². The van der Waals surface area contributed by atoms with E-state index in [1.807, 2.05) is 4.90 Å². The summed E-state index contributed by atoms with van der Waals surface area (Å²) in [5.41, 5.74) is 0.380. The first-order chi connectivity index (χ1) is 8.74. The first kappa shape index (κ1) is 11.9. The number of carbonyl (C=O) groups excluding carboxylic acids is 1. The van der Waals surface area contributed by atoms with Crippen molar-refractivity contribution in [3.8, 4) is 0 Å². The highest BCUT2D eigenvalue weighted by Crippen LogP contribution is 2.22. The fourth-order valence-electron chi connectivity index (χ4n) is 2.77. The molecule has 1 aromatic rings. The first-order valence-corrected chi connectivity index (χ1v) is 6.64. The lowest BCUT2D eigenvalue weighted by molar-refractivity contribution is 0.0564. The molecule has 0 saturated carbocycles. The Balaban J connectivity index is 1.71. The Morgan fingerprint density at radius 1 is 1.28 bits per heavy atom. The zero-order valence-electron chi connectivity index (χ0n) is 10.0. The lowest BCUT2D eigenvalue weighted by atomic mass is 10.1. The van der Waals surface area contributed by atoms with Crippen LogP contribution in [0.25, 0.3) is 0 Å². The van der Waals surface area contributed by atoms with Crippen LogP contribution < -0.4 is 0 Å². The second-order valence-electron chi connectivity index (χ2n) is 4.82. The molecule has 1 aromatic heterocycles. The number of fused-ring (bicyclic) bond motifs is 1. The van der Waals surface area contributed by atoms with Crippen LogP contribution in [-0.2, 0) is 0 Å². The fraction of sp³-hybridized carbons (Fsp3) is 0.583. The summed E-state index contributed by atoms with van der Waals surface area (Å²) in [7, 11) is 0. The molecule has 5 nitrogen and oxygen atoms in total. The van der Waals surface area contributed by atoms with Gasteiger partial charge in [-0.2, -0.15) is 0 Å². The van der Waals surface area contributed by atoms with Crippen LogP contribution in [-0.4, -0.2) is 58.1 Å². The highest BCUT2D eigenvalue weighted by atomic mass is 35.5. The molecule has 2 aliphatic heterocycles. The van der Waals surface area contributed by atoms with E-state index in [9.17, 15) is 4.79 Å². The molecule has 0 radical (unpaired) electrons. The van der Waals surface area contributed by atoms with Crippen LogP contribution in [0.2, 0.25) is 5.15 Å². The molecule has 18 heavy (non-hydrogen) atoms. The molecule has 1 atom stereocenters. The molecule has 3 rings (SSSR count). The van der Waals surface area contributed by atoms with Crippen molar-refractivity contribution in [2.75, 3.05) is 26.2 Å². The molecule has 6 heteroatoms. The van der Waals surface area contributed by atoms with E-state index in [1.54, 1.807) is 12.1 Å². The summed E-state index contributed by atoms with van der Waals surface area (Å²) in [6, 6.07) is 3.77. The van der Waals surface area contributed by atoms with Gasteiger partial charge in [0.2, 0.25) is 0 Å². The Bertz CT molecular complexity index is 450. The predicted octanol–water partition coefficient (Wildman–Crippen LogP) is 1.05. The lowest BCUT2D eigenvalue weighted by Crippen LogP contribution is -2.52. The van der Waals surface area contributed by atoms with Gasteiger partial charge in [0.05, 0.1) is 0 Å². The maximum atomic E-state index is 12.3. The zero-order chi connectivity index (χ0) is 12.5. The summed E-state index contributed by atoms with van der Waals surface area (Å²) < 4.78 is 0. The van der Waals surface area contributed by atoms with Crippen molar-refractivity contribution >= 4 is 17.5 Å². The van der Waals surface area contributed by atoms with Gasteiger partial charge in [-0.1, -0.05) is 11.6 Å². The van der Waals surface area contributed by atoms with Crippen LogP contribution in [0.15, 0.2) is 12.1 Å². The monoisotopic (exact) mass is 266 g/mol. The van der Waals surface area contributed by atoms with Crippen molar-refractivity contribution in [2.45, 2.75) is 18.9 Å². The van der Waals surface area contributed by atoms with E-state index >= 15 is 0 Å². The van der Waals surface area contributed by atoms with Gasteiger partial charge in [-0.15, -0.1) is 10.2 Å². The minimum absolute atomic E-state index is 0.0364. The number of amides is 1. The van der Waals surface area contributed by atoms with Gasteiger partial charge in [-0.3, -0.25) is 9.69 Å². The predicted molar refractivity (Wildman–Crippen MR) is 67.5 cm³/mol. The van der Waals surface area contributed by atoms with Crippen LogP contribution in [0.5, 0.6) is 0 Å². The van der Waals surface area contributed by atoms with Gasteiger partial charge >= 0.3 is 0 Å². The molecule has 2 aliphatic rings. The molecule has 2 fully saturated rings. The van der Waals surface area contributed by atoms with Gasteiger partial charge in [0.25, 0.3) is 5.91 Å². The van der Waals surface area contributed by atoms with Crippen molar-refractivity contribution in [3.63, 3.8) is 0 Å². The SMILES string of the molecule is O=C(c1ccc(Cl)nn1)N1CCN2CCCC2C1. The number of nitrogens with zero attached hydrogens (tertiary/aromatic N) is 4. The maximum Gasteiger partial charge on any atom is 0.274 e. The molecule has 0 bridgehead atoms. The van der Waals surface area contributed by atoms with Crippen molar-refractivity contribution < 1.29 is 4.79 Å². The highest BCUT2D eigenvalue weighted by molar-refractivity contribution is 6.29. The van der Waals surface area contributed by atoms with Crippen molar-refractivity contribution in [1.82, 2.24) is 20.0 Å². The molecule has 0 spiro atoms. The summed E-state index contributed by atoms with van der Waals surface area (Å²) in [5, 5.41) is 7.88. The summed E-state index contributed by atoms with van der Waals surface area (Å²) in [4.78, 5) is 16.6. The number of piperazine rings is 1. The maximum absolute atomic E-state index is 12.3. The van der Waals surface area contributed by atoms with Crippen molar-refractivity contribution in [1.29, 1.82) is 0 Å². The Morgan fingerprint density at radius 2 is 2.17 bits per heavy atom. The average molecular weight is 267 g/mol. The smallest absolute Gasteiger partial charge is 0.274 e. The van der Waals surface area contributed by atoms with Crippen LogP contribution >= 0.6 is 11.6 Å². The first-order valence-electron chi connectivity index (χ1n) is 6.26. The van der Waals surface area contributed by atoms with Crippen LogP contribution in [0.1, 0.15) is 23.3 Å². The van der Waals surface area contributed by atoms with Crippen LogP contribution in [0.4, 0.5) is 0 Å². The molecule has 2 saturated heterocycles. The molecule has 0 N–H and O–H groups in total. The quantitative estimate of drug-likeness (QED) is 0.762. The highest BCUT2D eigenvalue weighted by Gasteiger charge is 2.33. The Hall–Kier alpha value is -1.20. The summed E-state index contributed by atoms with van der Waals surface area (Å²) in [5.74, 6) is -0.0364. The molecule has 96 valence electrons. The number of rotatable bonds is 1. The van der Waals surface area contributed by atoms with Crippen LogP contribution in [0, 0.1) is 0 Å². The Morgan fingerprint density at radius 3 is 2.94 bits per heavy atom. The van der Waals surface area contributed by atoms with E-state index in [1.165, 1.54) is 19.4 Å². The van der Waals surface area contributed by atoms with Gasteiger partial charge in [-0.25, -0.2) is 0 Å². The third kappa shape index (κ3) is 2.20. The van der Waals surface area contributed by atoms with E-state index in [4.69, 9.17) is 11.6 Å². The number of halogens is 1. The standard InChI is InChI=1S/C12H15ClN4O/c13-11-4-3-10(14-15-11)12(18)17-7-6-16-5-1-2-9(16)8-17/h3-4,9H,1-2,5-8H2. The van der Waals surface area contributed by atoms with E-state index in [-0.39, 0.29) is 5.91 Å². The molecule has 3 heterocycles. The Kier molecular flexibility index (Phi) is 3.18. The fourth-order valence-corrected chi connectivity index (χ4v) is 2.87. The zero-order valence-corrected chi connectivity index (χ0v) is 10.8. The van der Waals surface area contributed by atoms with Crippen molar-refractivity contribution in [3.05, 3.63) is 23.0 Å². The Labute approximate surface area is 111 Å². The molecule has 1 amide bonds. The van der Waals surface area contributed by atoms with Gasteiger partial charge in [0.1, 0.15) is 0 Å². The molecule has 0 aliphatic carbocycles. The van der Waals surface area contributed by atoms with Crippen LogP contribution in [0.3, 0.4) is 0 Å². The van der Waals surface area contributed by atoms with Gasteiger partial charge in [0, 0.05) is 25.7 Å². The van der Waals surface area contributed by atoms with E-state index < -0.39 is 0 Å². The summed E-state index contributed by atoms with van der Waals surface area (Å²) in [6.45, 7) is 3.73. The van der Waals surface area contributed by atoms with Gasteiger partial charge in [-0.05, 0) is 31.5 Å².